The molecule has 0 spiro atoms. The number of rotatable bonds is 2. The molecule has 0 aliphatic rings. The number of halogens is 5. The predicted octanol–water partition coefficient (Wildman–Crippen LogP) is 5.40. The van der Waals surface area contributed by atoms with Crippen LogP contribution >= 0.6 is 59.1 Å². The maximum absolute atomic E-state index is 13.9. The minimum atomic E-state index is -1.36. The number of aliphatic hydroxyl groups excluding tert-OH is 1. The Bertz CT molecular complexity index is 600. The highest BCUT2D eigenvalue weighted by atomic mass is 79.9. The van der Waals surface area contributed by atoms with Crippen LogP contribution in [0.2, 0.25) is 0 Å². The first-order chi connectivity index (χ1) is 8.41. The SMILES string of the molecule is OC(c1cc(Br)sc1Br)c1c(F)ccc(Br)c1F. The van der Waals surface area contributed by atoms with Gasteiger partial charge in [-0.3, -0.25) is 0 Å². The molecule has 1 atom stereocenters. The molecule has 1 aromatic carbocycles. The standard InChI is InChI=1S/C11H5Br3F2OS/c12-5-1-2-6(15)8(9(5)16)10(17)4-3-7(13)18-11(4)14/h1-3,10,17H. The lowest BCUT2D eigenvalue weighted by Crippen LogP contribution is -2.06. The Morgan fingerprint density at radius 2 is 1.83 bits per heavy atom. The van der Waals surface area contributed by atoms with Crippen molar-refractivity contribution in [2.75, 3.05) is 0 Å². The smallest absolute Gasteiger partial charge is 0.146 e. The van der Waals surface area contributed by atoms with Crippen molar-refractivity contribution in [1.29, 1.82) is 0 Å². The van der Waals surface area contributed by atoms with E-state index in [4.69, 9.17) is 0 Å². The average Bonchev–Trinajstić information content (AvgIpc) is 2.63. The maximum Gasteiger partial charge on any atom is 0.146 e. The van der Waals surface area contributed by atoms with E-state index in [0.29, 0.717) is 9.35 Å². The topological polar surface area (TPSA) is 20.2 Å². The van der Waals surface area contributed by atoms with Crippen molar-refractivity contribution in [2.24, 2.45) is 0 Å². The van der Waals surface area contributed by atoms with Crippen molar-refractivity contribution in [1.82, 2.24) is 0 Å². The molecular weight excluding hydrogens is 458 g/mol. The summed E-state index contributed by atoms with van der Waals surface area (Å²) in [5.41, 5.74) is 0.0538. The molecule has 1 unspecified atom stereocenters. The normalized spacial score (nSPS) is 12.8. The minimum Gasteiger partial charge on any atom is -0.383 e. The van der Waals surface area contributed by atoms with Crippen molar-refractivity contribution < 1.29 is 13.9 Å². The lowest BCUT2D eigenvalue weighted by atomic mass is 10.0. The van der Waals surface area contributed by atoms with E-state index in [0.717, 1.165) is 9.85 Å². The largest absolute Gasteiger partial charge is 0.383 e. The third kappa shape index (κ3) is 2.70. The third-order valence-corrected chi connectivity index (χ3v) is 5.33. The van der Waals surface area contributed by atoms with Crippen molar-refractivity contribution in [3.63, 3.8) is 0 Å². The van der Waals surface area contributed by atoms with Crippen LogP contribution in [0.25, 0.3) is 0 Å². The fourth-order valence-corrected chi connectivity index (χ4v) is 4.72. The molecule has 2 aromatic rings. The molecule has 0 saturated heterocycles. The predicted molar refractivity (Wildman–Crippen MR) is 77.8 cm³/mol. The molecule has 1 nitrogen and oxygen atoms in total. The molecule has 0 aliphatic carbocycles. The summed E-state index contributed by atoms with van der Waals surface area (Å²) in [5, 5.41) is 10.1. The molecule has 1 heterocycles. The van der Waals surface area contributed by atoms with E-state index in [1.54, 1.807) is 6.07 Å². The molecule has 0 bridgehead atoms. The van der Waals surface area contributed by atoms with Gasteiger partial charge in [-0.05, 0) is 66.0 Å². The first-order valence-corrected chi connectivity index (χ1v) is 7.87. The molecule has 0 fully saturated rings. The van der Waals surface area contributed by atoms with Gasteiger partial charge in [0.15, 0.2) is 0 Å². The van der Waals surface area contributed by atoms with E-state index < -0.39 is 17.7 Å². The van der Waals surface area contributed by atoms with Crippen LogP contribution in [-0.4, -0.2) is 5.11 Å². The quantitative estimate of drug-likeness (QED) is 0.593. The molecule has 0 amide bonds. The highest BCUT2D eigenvalue weighted by Crippen LogP contribution is 2.39. The number of benzene rings is 1. The summed E-state index contributed by atoms with van der Waals surface area (Å²) in [6, 6.07) is 4.00. The first kappa shape index (κ1) is 14.6. The molecule has 2 rings (SSSR count). The van der Waals surface area contributed by atoms with Crippen LogP contribution in [0.5, 0.6) is 0 Å². The van der Waals surface area contributed by atoms with E-state index in [2.05, 4.69) is 47.8 Å². The fraction of sp³-hybridized carbons (Fsp3) is 0.0909. The van der Waals surface area contributed by atoms with Gasteiger partial charge in [0.05, 0.1) is 17.6 Å². The van der Waals surface area contributed by atoms with Gasteiger partial charge >= 0.3 is 0 Å². The van der Waals surface area contributed by atoms with Gasteiger partial charge in [0.1, 0.15) is 17.7 Å². The highest BCUT2D eigenvalue weighted by molar-refractivity contribution is 9.12. The van der Waals surface area contributed by atoms with Crippen LogP contribution < -0.4 is 0 Å². The molecule has 7 heteroatoms. The summed E-state index contributed by atoms with van der Waals surface area (Å²) in [6.07, 6.45) is -1.36. The molecular formula is C11H5Br3F2OS. The summed E-state index contributed by atoms with van der Waals surface area (Å²) in [4.78, 5) is 0. The Hall–Kier alpha value is 0.180. The third-order valence-electron chi connectivity index (χ3n) is 2.33. The molecule has 1 aromatic heterocycles. The van der Waals surface area contributed by atoms with Crippen molar-refractivity contribution in [3.05, 3.63) is 53.0 Å². The van der Waals surface area contributed by atoms with E-state index in [1.165, 1.54) is 17.4 Å². The van der Waals surface area contributed by atoms with E-state index in [1.807, 2.05) is 0 Å². The molecule has 96 valence electrons. The van der Waals surface area contributed by atoms with Crippen LogP contribution in [0.15, 0.2) is 30.2 Å². The summed E-state index contributed by atoms with van der Waals surface area (Å²) >= 11 is 10.8. The molecule has 1 N–H and O–H groups in total. The van der Waals surface area contributed by atoms with Crippen molar-refractivity contribution in [3.8, 4) is 0 Å². The Morgan fingerprint density at radius 3 is 2.39 bits per heavy atom. The number of hydrogen-bond donors (Lipinski definition) is 1. The minimum absolute atomic E-state index is 0.114. The molecule has 0 radical (unpaired) electrons. The maximum atomic E-state index is 13.9. The first-order valence-electron chi connectivity index (χ1n) is 4.68. The van der Waals surface area contributed by atoms with Gasteiger partial charge in [-0.2, -0.15) is 0 Å². The highest BCUT2D eigenvalue weighted by Gasteiger charge is 2.24. The molecule has 0 aliphatic heterocycles. The second-order valence-electron chi connectivity index (χ2n) is 3.44. The summed E-state index contributed by atoms with van der Waals surface area (Å²) < 4.78 is 29.0. The zero-order valence-corrected chi connectivity index (χ0v) is 14.1. The molecule has 0 saturated carbocycles. The van der Waals surface area contributed by atoms with Gasteiger partial charge in [0, 0.05) is 5.56 Å². The van der Waals surface area contributed by atoms with Crippen LogP contribution in [-0.2, 0) is 0 Å². The second kappa shape index (κ2) is 5.66. The monoisotopic (exact) mass is 460 g/mol. The van der Waals surface area contributed by atoms with Crippen LogP contribution in [0.3, 0.4) is 0 Å². The fourth-order valence-electron chi connectivity index (χ4n) is 1.49. The summed E-state index contributed by atoms with van der Waals surface area (Å²) in [7, 11) is 0. The van der Waals surface area contributed by atoms with E-state index >= 15 is 0 Å². The lowest BCUT2D eigenvalue weighted by molar-refractivity contribution is 0.208. The lowest BCUT2D eigenvalue weighted by Gasteiger charge is -2.13. The van der Waals surface area contributed by atoms with Crippen molar-refractivity contribution in [2.45, 2.75) is 6.10 Å². The van der Waals surface area contributed by atoms with Gasteiger partial charge in [-0.25, -0.2) is 8.78 Å². The summed E-state index contributed by atoms with van der Waals surface area (Å²) in [6.45, 7) is 0. The van der Waals surface area contributed by atoms with Crippen molar-refractivity contribution >= 4 is 59.1 Å². The summed E-state index contributed by atoms with van der Waals surface area (Å²) in [5.74, 6) is -1.57. The Morgan fingerprint density at radius 1 is 1.17 bits per heavy atom. The number of aliphatic hydroxyl groups is 1. The Balaban J connectivity index is 2.56. The zero-order chi connectivity index (χ0) is 13.4. The van der Waals surface area contributed by atoms with Crippen LogP contribution in [0, 0.1) is 11.6 Å². The van der Waals surface area contributed by atoms with Gasteiger partial charge in [-0.1, -0.05) is 0 Å². The average molecular weight is 463 g/mol. The van der Waals surface area contributed by atoms with E-state index in [-0.39, 0.29) is 10.0 Å². The zero-order valence-electron chi connectivity index (χ0n) is 8.55. The molecule has 18 heavy (non-hydrogen) atoms. The van der Waals surface area contributed by atoms with Gasteiger partial charge in [0.2, 0.25) is 0 Å². The Kier molecular flexibility index (Phi) is 4.59. The number of hydrogen-bond acceptors (Lipinski definition) is 2. The van der Waals surface area contributed by atoms with Gasteiger partial charge < -0.3 is 5.11 Å². The van der Waals surface area contributed by atoms with E-state index in [9.17, 15) is 13.9 Å². The van der Waals surface area contributed by atoms with Gasteiger partial charge in [-0.15, -0.1) is 11.3 Å². The van der Waals surface area contributed by atoms with Crippen LogP contribution in [0.4, 0.5) is 8.78 Å². The Labute approximate surface area is 131 Å². The number of thiophene rings is 1. The second-order valence-corrected chi connectivity index (χ2v) is 8.04. The van der Waals surface area contributed by atoms with Crippen LogP contribution in [0.1, 0.15) is 17.2 Å². The van der Waals surface area contributed by atoms with Gasteiger partial charge in [0.25, 0.3) is 0 Å².